The molecule has 0 aliphatic rings. The lowest BCUT2D eigenvalue weighted by Crippen LogP contribution is -2.07. The molecule has 0 saturated carbocycles. The maximum absolute atomic E-state index is 9.66. The van der Waals surface area contributed by atoms with E-state index in [0.29, 0.717) is 28.0 Å². The number of rotatable bonds is 5. The summed E-state index contributed by atoms with van der Waals surface area (Å²) in [4.78, 5) is 15.1. The average molecular weight is 740 g/mol. The molecule has 4 aromatic heterocycles. The first-order valence-corrected chi connectivity index (χ1v) is 18.3. The lowest BCUT2D eigenvalue weighted by Gasteiger charge is -2.13. The van der Waals surface area contributed by atoms with Crippen LogP contribution < -0.4 is 0 Å². The van der Waals surface area contributed by atoms with E-state index in [1.54, 1.807) is 34.9 Å². The molecule has 57 heavy (non-hydrogen) atoms. The van der Waals surface area contributed by atoms with Crippen LogP contribution in [0.25, 0.3) is 111 Å². The standard InChI is InChI=1S/C51H31N5O/c1-4-15-32(16-5-1)36-23-14-26-44-46(36)41-28-27-34(31-45(41)57-44)50-52-49(33-17-6-2-7-18-33)53-51(54-50)56-43-25-13-11-22-38(43)40-30-29-39-37-21-10-12-24-42(37)55(47(39)48(40)56)35-19-8-3-9-20-35/h1-31H/i10D,11D,12D,13D,21D,22D,24D,25D,29D,30D. The highest BCUT2D eigenvalue weighted by Crippen LogP contribution is 2.42. The van der Waals surface area contributed by atoms with E-state index in [2.05, 4.69) is 6.07 Å². The van der Waals surface area contributed by atoms with Crippen LogP contribution in [-0.2, 0) is 0 Å². The number of nitrogens with zero attached hydrogens (tertiary/aromatic N) is 5. The van der Waals surface area contributed by atoms with E-state index in [1.165, 1.54) is 4.57 Å². The number of aromatic nitrogens is 5. The fourth-order valence-corrected chi connectivity index (χ4v) is 7.98. The molecule has 0 saturated heterocycles. The summed E-state index contributed by atoms with van der Waals surface area (Å²) in [6.07, 6.45) is 0. The second kappa shape index (κ2) is 12.3. The van der Waals surface area contributed by atoms with Gasteiger partial charge in [-0.05, 0) is 53.5 Å². The van der Waals surface area contributed by atoms with Crippen LogP contribution in [-0.4, -0.2) is 24.1 Å². The summed E-state index contributed by atoms with van der Waals surface area (Å²) in [7, 11) is 0. The normalized spacial score (nSPS) is 14.3. The van der Waals surface area contributed by atoms with Crippen molar-refractivity contribution in [3.05, 3.63) is 188 Å². The van der Waals surface area contributed by atoms with Crippen LogP contribution in [0.1, 0.15) is 13.7 Å². The van der Waals surface area contributed by atoms with Gasteiger partial charge in [0.2, 0.25) is 5.95 Å². The third-order valence-corrected chi connectivity index (χ3v) is 10.5. The zero-order valence-electron chi connectivity index (χ0n) is 39.8. The highest BCUT2D eigenvalue weighted by Gasteiger charge is 2.24. The summed E-state index contributed by atoms with van der Waals surface area (Å²) in [5, 5.41) is 1.75. The van der Waals surface area contributed by atoms with Crippen LogP contribution in [0.15, 0.2) is 192 Å². The van der Waals surface area contributed by atoms with Crippen molar-refractivity contribution < 1.29 is 18.1 Å². The van der Waals surface area contributed by atoms with Crippen LogP contribution in [0.2, 0.25) is 0 Å². The summed E-state index contributed by atoms with van der Waals surface area (Å²) in [6, 6.07) is 35.0. The van der Waals surface area contributed by atoms with E-state index in [-0.39, 0.29) is 67.3 Å². The van der Waals surface area contributed by atoms with Gasteiger partial charge in [-0.2, -0.15) is 9.97 Å². The molecule has 0 unspecified atom stereocenters. The van der Waals surface area contributed by atoms with Gasteiger partial charge in [0.25, 0.3) is 0 Å². The van der Waals surface area contributed by atoms with E-state index < -0.39 is 54.4 Å². The number of furan rings is 1. The minimum atomic E-state index is -0.554. The predicted octanol–water partition coefficient (Wildman–Crippen LogP) is 13.0. The second-order valence-corrected chi connectivity index (χ2v) is 13.7. The Morgan fingerprint density at radius 1 is 0.439 bits per heavy atom. The fraction of sp³-hybridized carbons (Fsp3) is 0. The molecule has 0 atom stereocenters. The summed E-state index contributed by atoms with van der Waals surface area (Å²) in [5.41, 5.74) is 5.10. The van der Waals surface area contributed by atoms with Gasteiger partial charge in [-0.25, -0.2) is 4.98 Å². The van der Waals surface area contributed by atoms with Gasteiger partial charge < -0.3 is 8.98 Å². The fourth-order valence-electron chi connectivity index (χ4n) is 7.98. The number of benzene rings is 8. The number of hydrogen-bond donors (Lipinski definition) is 0. The number of hydrogen-bond acceptors (Lipinski definition) is 4. The van der Waals surface area contributed by atoms with Crippen molar-refractivity contribution >= 4 is 65.6 Å². The largest absolute Gasteiger partial charge is 0.456 e. The summed E-state index contributed by atoms with van der Waals surface area (Å²) in [6.45, 7) is 0. The molecule has 4 heterocycles. The molecular weight excluding hydrogens is 699 g/mol. The van der Waals surface area contributed by atoms with Gasteiger partial charge in [-0.1, -0.05) is 145 Å². The van der Waals surface area contributed by atoms with E-state index in [0.717, 1.165) is 21.9 Å². The summed E-state index contributed by atoms with van der Waals surface area (Å²) in [5.74, 6) is 0.316. The molecule has 12 rings (SSSR count). The van der Waals surface area contributed by atoms with Gasteiger partial charge in [-0.15, -0.1) is 0 Å². The summed E-state index contributed by atoms with van der Waals surface area (Å²) >= 11 is 0. The average Bonchev–Trinajstić information content (AvgIpc) is 4.05. The first-order chi connectivity index (χ1) is 32.4. The Morgan fingerprint density at radius 3 is 1.74 bits per heavy atom. The molecule has 0 aliphatic heterocycles. The molecule has 0 aliphatic carbocycles. The molecule has 0 N–H and O–H groups in total. The third kappa shape index (κ3) is 4.81. The van der Waals surface area contributed by atoms with Gasteiger partial charge in [-0.3, -0.25) is 4.57 Å². The predicted molar refractivity (Wildman–Crippen MR) is 232 cm³/mol. The molecule has 8 aromatic carbocycles. The van der Waals surface area contributed by atoms with Crippen molar-refractivity contribution in [3.8, 4) is 45.5 Å². The first-order valence-electron chi connectivity index (χ1n) is 23.3. The van der Waals surface area contributed by atoms with Crippen molar-refractivity contribution in [1.82, 2.24) is 24.1 Å². The minimum Gasteiger partial charge on any atom is -0.456 e. The van der Waals surface area contributed by atoms with Crippen LogP contribution >= 0.6 is 0 Å². The Bertz CT molecular complexity index is 4100. The summed E-state index contributed by atoms with van der Waals surface area (Å²) < 4.78 is 101. The van der Waals surface area contributed by atoms with E-state index in [4.69, 9.17) is 24.9 Å². The van der Waals surface area contributed by atoms with Gasteiger partial charge >= 0.3 is 0 Å². The molecule has 0 radical (unpaired) electrons. The quantitative estimate of drug-likeness (QED) is 0.176. The molecular formula is C51H31N5O. The molecule has 0 spiro atoms. The second-order valence-electron chi connectivity index (χ2n) is 13.7. The minimum absolute atomic E-state index is 0.00233. The Morgan fingerprint density at radius 2 is 1.04 bits per heavy atom. The van der Waals surface area contributed by atoms with Crippen molar-refractivity contribution in [2.24, 2.45) is 0 Å². The van der Waals surface area contributed by atoms with Gasteiger partial charge in [0.05, 0.1) is 35.8 Å². The molecule has 6 nitrogen and oxygen atoms in total. The smallest absolute Gasteiger partial charge is 0.238 e. The van der Waals surface area contributed by atoms with E-state index >= 15 is 0 Å². The Hall–Kier alpha value is -7.83. The van der Waals surface area contributed by atoms with Crippen LogP contribution in [0.3, 0.4) is 0 Å². The number of para-hydroxylation sites is 3. The monoisotopic (exact) mass is 739 g/mol. The maximum Gasteiger partial charge on any atom is 0.238 e. The maximum atomic E-state index is 9.66. The van der Waals surface area contributed by atoms with E-state index in [1.807, 2.05) is 91.0 Å². The van der Waals surface area contributed by atoms with Gasteiger partial charge in [0.15, 0.2) is 11.6 Å². The molecule has 0 bridgehead atoms. The molecule has 12 aromatic rings. The SMILES string of the molecule is [2H]c1c([2H])c([2H])c2c(c1[2H])c1c([2H])c([2H])c3c4c([2H])c([2H])c([2H])c([2H])c4n(-c4nc(-c5ccccc5)nc(-c5ccc6c(c5)oc5cccc(-c7ccccc7)c56)n4)c3c1n2-c1ccccc1. The van der Waals surface area contributed by atoms with Crippen molar-refractivity contribution in [3.63, 3.8) is 0 Å². The van der Waals surface area contributed by atoms with Crippen molar-refractivity contribution in [2.75, 3.05) is 0 Å². The van der Waals surface area contributed by atoms with E-state index in [9.17, 15) is 8.22 Å². The molecule has 6 heteroatoms. The highest BCUT2D eigenvalue weighted by atomic mass is 16.3. The molecule has 0 fully saturated rings. The molecule has 0 amide bonds. The first kappa shape index (κ1) is 23.2. The lowest BCUT2D eigenvalue weighted by atomic mass is 9.99. The Balaban J connectivity index is 1.26. The van der Waals surface area contributed by atoms with Crippen LogP contribution in [0.4, 0.5) is 0 Å². The Kier molecular flexibility index (Phi) is 5.02. The third-order valence-electron chi connectivity index (χ3n) is 10.5. The lowest BCUT2D eigenvalue weighted by molar-refractivity contribution is 0.669. The Labute approximate surface area is 340 Å². The van der Waals surface area contributed by atoms with Gasteiger partial charge in [0, 0.05) is 49.1 Å². The van der Waals surface area contributed by atoms with Crippen LogP contribution in [0.5, 0.6) is 0 Å². The van der Waals surface area contributed by atoms with Crippen LogP contribution in [0, 0.1) is 0 Å². The highest BCUT2D eigenvalue weighted by molar-refractivity contribution is 6.23. The zero-order valence-corrected chi connectivity index (χ0v) is 29.8. The topological polar surface area (TPSA) is 61.7 Å². The molecule has 266 valence electrons. The number of fused-ring (bicyclic) bond motifs is 10. The van der Waals surface area contributed by atoms with Crippen molar-refractivity contribution in [1.29, 1.82) is 0 Å². The van der Waals surface area contributed by atoms with Crippen molar-refractivity contribution in [2.45, 2.75) is 0 Å². The zero-order chi connectivity index (χ0) is 46.2. The van der Waals surface area contributed by atoms with Gasteiger partial charge in [0.1, 0.15) is 11.2 Å².